The maximum atomic E-state index is 13.7. The lowest BCUT2D eigenvalue weighted by molar-refractivity contribution is -0.222. The molecule has 13 nitrogen and oxygen atoms in total. The number of carbonyl (C=O) groups excluding carboxylic acids is 6. The van der Waals surface area contributed by atoms with E-state index in [1.807, 2.05) is 0 Å². The summed E-state index contributed by atoms with van der Waals surface area (Å²) in [7, 11) is 1.16. The summed E-state index contributed by atoms with van der Waals surface area (Å²) in [6.45, 7) is 6.90. The van der Waals surface area contributed by atoms with E-state index in [9.17, 15) is 28.8 Å². The van der Waals surface area contributed by atoms with E-state index in [1.165, 1.54) is 6.92 Å². The number of methoxy groups -OCH3 is 1. The van der Waals surface area contributed by atoms with Gasteiger partial charge in [-0.05, 0) is 17.9 Å². The molecule has 1 heterocycles. The molecule has 1 aromatic carbocycles. The van der Waals surface area contributed by atoms with Crippen LogP contribution in [0.4, 0.5) is 0 Å². The van der Waals surface area contributed by atoms with Gasteiger partial charge >= 0.3 is 29.8 Å². The van der Waals surface area contributed by atoms with E-state index in [1.54, 1.807) is 37.3 Å². The fraction of sp³-hybridized carbons (Fsp3) is 0.571. The van der Waals surface area contributed by atoms with Crippen molar-refractivity contribution in [3.8, 4) is 0 Å². The summed E-state index contributed by atoms with van der Waals surface area (Å²) >= 11 is 2.20. The second-order valence-corrected chi connectivity index (χ2v) is 12.0. The van der Waals surface area contributed by atoms with Crippen molar-refractivity contribution in [2.75, 3.05) is 19.5 Å². The number of ether oxygens (including phenoxy) is 6. The minimum absolute atomic E-state index is 0.310. The third kappa shape index (κ3) is 9.86. The largest absolute Gasteiger partial charge is 0.466 e. The first kappa shape index (κ1) is 35.9. The van der Waals surface area contributed by atoms with Crippen molar-refractivity contribution in [1.29, 1.82) is 0 Å². The summed E-state index contributed by atoms with van der Waals surface area (Å²) in [5.41, 5.74) is 0. The molecule has 15 heteroatoms. The van der Waals surface area contributed by atoms with Crippen LogP contribution in [0.15, 0.2) is 35.2 Å². The number of hydrogen-bond acceptors (Lipinski definition) is 14. The minimum Gasteiger partial charge on any atom is -0.466 e. The molecule has 0 spiro atoms. The molecule has 2 rings (SSSR count). The summed E-state index contributed by atoms with van der Waals surface area (Å²) in [6, 6.07) is 7.66. The average molecular weight is 644 g/mol. The number of hydrogen-bond donors (Lipinski definition) is 1. The molecule has 0 radical (unpaired) electrons. The Morgan fingerprint density at radius 2 is 1.56 bits per heavy atom. The predicted octanol–water partition coefficient (Wildman–Crippen LogP) is 2.03. The number of carbonyl (C=O) groups is 6. The van der Waals surface area contributed by atoms with Gasteiger partial charge in [0.2, 0.25) is 10.8 Å². The van der Waals surface area contributed by atoms with Gasteiger partial charge in [0.15, 0.2) is 12.2 Å². The molecule has 0 aromatic heterocycles. The number of amides is 1. The van der Waals surface area contributed by atoms with Crippen molar-refractivity contribution in [2.45, 2.75) is 87.1 Å². The van der Waals surface area contributed by atoms with Gasteiger partial charge in [0.1, 0.15) is 18.8 Å². The van der Waals surface area contributed by atoms with Gasteiger partial charge in [-0.25, -0.2) is 4.79 Å². The third-order valence-electron chi connectivity index (χ3n) is 5.96. The molecule has 1 saturated heterocycles. The maximum absolute atomic E-state index is 13.7. The lowest BCUT2D eigenvalue weighted by atomic mass is 9.88. The number of rotatable bonds is 13. The molecule has 1 amide bonds. The highest BCUT2D eigenvalue weighted by molar-refractivity contribution is 8.04. The van der Waals surface area contributed by atoms with E-state index in [0.29, 0.717) is 10.6 Å². The Bertz CT molecular complexity index is 1170. The van der Waals surface area contributed by atoms with Crippen LogP contribution < -0.4 is 5.32 Å². The molecule has 43 heavy (non-hydrogen) atoms. The van der Waals surface area contributed by atoms with Crippen molar-refractivity contribution in [1.82, 2.24) is 5.32 Å². The van der Waals surface area contributed by atoms with Gasteiger partial charge in [0, 0.05) is 39.5 Å². The van der Waals surface area contributed by atoms with Crippen molar-refractivity contribution >= 4 is 59.3 Å². The van der Waals surface area contributed by atoms with E-state index in [2.05, 4.69) is 5.32 Å². The average Bonchev–Trinajstić information content (AvgIpc) is 2.92. The van der Waals surface area contributed by atoms with Crippen LogP contribution in [0, 0.1) is 0 Å². The van der Waals surface area contributed by atoms with Crippen LogP contribution in [-0.2, 0) is 57.2 Å². The molecule has 1 aliphatic rings. The smallest absolute Gasteiger partial charge is 0.350 e. The zero-order valence-electron chi connectivity index (χ0n) is 25.0. The van der Waals surface area contributed by atoms with E-state index < -0.39 is 83.0 Å². The van der Waals surface area contributed by atoms with Gasteiger partial charge in [0.05, 0.1) is 18.4 Å². The molecule has 0 bridgehead atoms. The molecular formula is C28H37NO12S2. The summed E-state index contributed by atoms with van der Waals surface area (Å²) in [5, 5.41) is 1.69. The molecule has 1 aromatic rings. The highest BCUT2D eigenvalue weighted by Gasteiger charge is 2.64. The highest BCUT2D eigenvalue weighted by Crippen LogP contribution is 2.49. The van der Waals surface area contributed by atoms with E-state index in [0.717, 1.165) is 58.3 Å². The quantitative estimate of drug-likeness (QED) is 0.245. The highest BCUT2D eigenvalue weighted by atomic mass is 32.2. The lowest BCUT2D eigenvalue weighted by Gasteiger charge is -2.52. The van der Waals surface area contributed by atoms with Gasteiger partial charge in [0.25, 0.3) is 0 Å². The van der Waals surface area contributed by atoms with Crippen LogP contribution in [0.3, 0.4) is 0 Å². The van der Waals surface area contributed by atoms with Crippen LogP contribution in [0.1, 0.15) is 41.5 Å². The SMILES string of the molecule is CCS[C@@]1(C(=O)OC)O[C@@H]([C@H](OC(C)=O)[C@H](COC(C)=O)OC(C)=O)[C@H](NC(C)=O)[C@@H](OC(C)=O)[C@@H]1Sc1ccccc1. The summed E-state index contributed by atoms with van der Waals surface area (Å²) in [4.78, 5) is 73.8. The molecule has 7 atom stereocenters. The zero-order chi connectivity index (χ0) is 32.3. The number of thioether (sulfide) groups is 2. The Morgan fingerprint density at radius 1 is 0.930 bits per heavy atom. The van der Waals surface area contributed by atoms with E-state index in [4.69, 9.17) is 28.4 Å². The molecule has 0 unspecified atom stereocenters. The Kier molecular flexibility index (Phi) is 13.8. The molecule has 1 N–H and O–H groups in total. The maximum Gasteiger partial charge on any atom is 0.350 e. The van der Waals surface area contributed by atoms with Crippen molar-refractivity contribution < 1.29 is 57.2 Å². The lowest BCUT2D eigenvalue weighted by Crippen LogP contribution is -2.73. The molecule has 1 aliphatic heterocycles. The Morgan fingerprint density at radius 3 is 2.05 bits per heavy atom. The van der Waals surface area contributed by atoms with Crippen LogP contribution >= 0.6 is 23.5 Å². The van der Waals surface area contributed by atoms with E-state index >= 15 is 0 Å². The summed E-state index contributed by atoms with van der Waals surface area (Å²) < 4.78 is 33.7. The molecule has 0 aliphatic carbocycles. The first-order valence-electron chi connectivity index (χ1n) is 13.3. The first-order chi connectivity index (χ1) is 20.2. The Labute approximate surface area is 258 Å². The van der Waals surface area contributed by atoms with Gasteiger partial charge in [-0.1, -0.05) is 25.1 Å². The van der Waals surface area contributed by atoms with E-state index in [-0.39, 0.29) is 0 Å². The normalized spacial score (nSPS) is 24.4. The van der Waals surface area contributed by atoms with Crippen LogP contribution in [0.2, 0.25) is 0 Å². The molecule has 0 saturated carbocycles. The fourth-order valence-electron chi connectivity index (χ4n) is 4.57. The van der Waals surface area contributed by atoms with Crippen LogP contribution in [-0.4, -0.2) is 95.9 Å². The third-order valence-corrected chi connectivity index (χ3v) is 8.74. The second kappa shape index (κ2) is 16.5. The van der Waals surface area contributed by atoms with Crippen LogP contribution in [0.25, 0.3) is 0 Å². The minimum atomic E-state index is -1.91. The summed E-state index contributed by atoms with van der Waals surface area (Å²) in [5.74, 6) is -4.21. The number of nitrogens with one attached hydrogen (secondary N) is 1. The number of esters is 5. The topological polar surface area (TPSA) is 170 Å². The number of benzene rings is 1. The predicted molar refractivity (Wildman–Crippen MR) is 155 cm³/mol. The van der Waals surface area contributed by atoms with Crippen molar-refractivity contribution in [2.24, 2.45) is 0 Å². The Balaban J connectivity index is 2.89. The monoisotopic (exact) mass is 643 g/mol. The summed E-state index contributed by atoms with van der Waals surface area (Å²) in [6.07, 6.45) is -5.80. The van der Waals surface area contributed by atoms with Crippen molar-refractivity contribution in [3.05, 3.63) is 30.3 Å². The van der Waals surface area contributed by atoms with Gasteiger partial charge in [-0.2, -0.15) is 0 Å². The molecule has 238 valence electrons. The Hall–Kier alpha value is -3.30. The molecular weight excluding hydrogens is 606 g/mol. The standard InChI is InChI=1S/C28H37NO12S2/c1-8-42-28(27(35)36-7)26(43-20-12-10-9-11-13-20)25(40-19(6)34)22(29-15(2)30)24(41-28)23(39-18(5)33)21(38-17(4)32)14-37-16(3)31/h9-13,21-26H,8,14H2,1-7H3,(H,29,30)/t21-,22-,23+,24+,25+,26-,28-/m0/s1. The second-order valence-electron chi connectivity index (χ2n) is 9.35. The van der Waals surface area contributed by atoms with Crippen molar-refractivity contribution in [3.63, 3.8) is 0 Å². The molecule has 1 fully saturated rings. The van der Waals surface area contributed by atoms with Gasteiger partial charge < -0.3 is 33.7 Å². The van der Waals surface area contributed by atoms with Gasteiger partial charge in [-0.15, -0.1) is 23.5 Å². The van der Waals surface area contributed by atoms with Gasteiger partial charge in [-0.3, -0.25) is 24.0 Å². The fourth-order valence-corrected chi connectivity index (χ4v) is 7.30. The van der Waals surface area contributed by atoms with Crippen LogP contribution in [0.5, 0.6) is 0 Å². The first-order valence-corrected chi connectivity index (χ1v) is 15.2. The zero-order valence-corrected chi connectivity index (χ0v) is 26.6.